The van der Waals surface area contributed by atoms with Crippen LogP contribution in [0.1, 0.15) is 6.42 Å². The fourth-order valence-electron chi connectivity index (χ4n) is 0.412. The highest BCUT2D eigenvalue weighted by molar-refractivity contribution is 5.66. The van der Waals surface area contributed by atoms with E-state index in [1.807, 2.05) is 0 Å². The van der Waals surface area contributed by atoms with Crippen LogP contribution < -0.4 is 0 Å². The van der Waals surface area contributed by atoms with E-state index >= 15 is 0 Å². The fraction of sp³-hybridized carbons (Fsp3) is 0.800. The Hall–Kier alpha value is -1.26. The van der Waals surface area contributed by atoms with E-state index < -0.39 is 5.97 Å². The van der Waals surface area contributed by atoms with Crippen LogP contribution >= 0.6 is 0 Å². The smallest absolute Gasteiger partial charge is 0.305 e. The summed E-state index contributed by atoms with van der Waals surface area (Å²) < 4.78 is 4.80. The summed E-state index contributed by atoms with van der Waals surface area (Å²) in [5.41, 5.74) is 7.82. The lowest BCUT2D eigenvalue weighted by atomic mass is 10.5. The number of rotatable bonds is 6. The summed E-state index contributed by atoms with van der Waals surface area (Å²) in [7, 11) is 0. The number of carboxylic acid groups (broad SMARTS) is 1. The van der Waals surface area contributed by atoms with Crippen molar-refractivity contribution in [1.82, 2.24) is 0 Å². The highest BCUT2D eigenvalue weighted by Gasteiger charge is 1.94. The Morgan fingerprint density at radius 2 is 2.36 bits per heavy atom. The second-order valence-corrected chi connectivity index (χ2v) is 1.71. The lowest BCUT2D eigenvalue weighted by Crippen LogP contribution is -2.04. The number of hydrogen-bond donors (Lipinski definition) is 1. The number of carbonyl (C=O) groups is 1. The zero-order chi connectivity index (χ0) is 8.53. The Morgan fingerprint density at radius 3 is 2.91 bits per heavy atom. The summed E-state index contributed by atoms with van der Waals surface area (Å²) in [5.74, 6) is -0.895. The molecule has 0 heterocycles. The number of hydrogen-bond acceptors (Lipinski definition) is 3. The molecule has 0 unspecified atom stereocenters. The van der Waals surface area contributed by atoms with Crippen molar-refractivity contribution in [2.45, 2.75) is 6.42 Å². The van der Waals surface area contributed by atoms with Gasteiger partial charge >= 0.3 is 5.97 Å². The Kier molecular flexibility index (Phi) is 6.07. The lowest BCUT2D eigenvalue weighted by Gasteiger charge is -1.96. The summed E-state index contributed by atoms with van der Waals surface area (Å²) in [4.78, 5) is 12.4. The monoisotopic (exact) mass is 159 g/mol. The van der Waals surface area contributed by atoms with Gasteiger partial charge in [0.25, 0.3) is 0 Å². The number of carboxylic acids is 1. The normalized spacial score (nSPS) is 8.73. The summed E-state index contributed by atoms with van der Waals surface area (Å²) >= 11 is 0. The van der Waals surface area contributed by atoms with Gasteiger partial charge in [0.2, 0.25) is 0 Å². The minimum Gasteiger partial charge on any atom is -0.481 e. The average molecular weight is 159 g/mol. The van der Waals surface area contributed by atoms with Gasteiger partial charge in [-0.15, -0.1) is 0 Å². The van der Waals surface area contributed by atoms with Crippen LogP contribution in [0.2, 0.25) is 0 Å². The Labute approximate surface area is 63.4 Å². The van der Waals surface area contributed by atoms with E-state index in [1.165, 1.54) is 0 Å². The van der Waals surface area contributed by atoms with Gasteiger partial charge in [0, 0.05) is 11.5 Å². The van der Waals surface area contributed by atoms with Crippen LogP contribution in [0.25, 0.3) is 10.4 Å². The lowest BCUT2D eigenvalue weighted by molar-refractivity contribution is -0.138. The first kappa shape index (κ1) is 9.74. The minimum atomic E-state index is -0.895. The maximum Gasteiger partial charge on any atom is 0.305 e. The predicted octanol–water partition coefficient (Wildman–Crippen LogP) is 0.788. The minimum absolute atomic E-state index is 0.0176. The quantitative estimate of drug-likeness (QED) is 0.268. The van der Waals surface area contributed by atoms with Crippen molar-refractivity contribution in [3.8, 4) is 0 Å². The van der Waals surface area contributed by atoms with Crippen LogP contribution in [0, 0.1) is 0 Å². The van der Waals surface area contributed by atoms with Gasteiger partial charge in [-0.3, -0.25) is 4.79 Å². The highest BCUT2D eigenvalue weighted by Crippen LogP contribution is 1.82. The molecular weight excluding hydrogens is 150 g/mol. The summed E-state index contributed by atoms with van der Waals surface area (Å²) in [5, 5.41) is 11.4. The van der Waals surface area contributed by atoms with Gasteiger partial charge in [0.15, 0.2) is 0 Å². The maximum absolute atomic E-state index is 9.93. The molecule has 6 nitrogen and oxygen atoms in total. The average Bonchev–Trinajstić information content (AvgIpc) is 1.96. The van der Waals surface area contributed by atoms with Crippen molar-refractivity contribution >= 4 is 5.97 Å². The zero-order valence-corrected chi connectivity index (χ0v) is 5.93. The van der Waals surface area contributed by atoms with Gasteiger partial charge in [-0.05, 0) is 5.53 Å². The van der Waals surface area contributed by atoms with E-state index in [9.17, 15) is 4.79 Å². The zero-order valence-electron chi connectivity index (χ0n) is 5.93. The Bertz CT molecular complexity index is 160. The molecule has 0 bridgehead atoms. The van der Waals surface area contributed by atoms with Crippen molar-refractivity contribution in [2.24, 2.45) is 5.11 Å². The van der Waals surface area contributed by atoms with E-state index in [4.69, 9.17) is 15.4 Å². The van der Waals surface area contributed by atoms with Crippen molar-refractivity contribution in [3.05, 3.63) is 10.4 Å². The molecule has 0 aliphatic carbocycles. The van der Waals surface area contributed by atoms with E-state index in [2.05, 4.69) is 10.0 Å². The predicted molar refractivity (Wildman–Crippen MR) is 37.1 cm³/mol. The standard InChI is InChI=1S/C5H9N3O3/c6-8-7-2-4-11-3-1-5(9)10/h1-4H2,(H,9,10). The van der Waals surface area contributed by atoms with E-state index in [0.717, 1.165) is 0 Å². The van der Waals surface area contributed by atoms with Crippen LogP contribution in [0.3, 0.4) is 0 Å². The Morgan fingerprint density at radius 1 is 1.64 bits per heavy atom. The fourth-order valence-corrected chi connectivity index (χ4v) is 0.412. The van der Waals surface area contributed by atoms with Crippen LogP contribution in [-0.2, 0) is 9.53 Å². The topological polar surface area (TPSA) is 95.3 Å². The van der Waals surface area contributed by atoms with Crippen LogP contribution in [0.15, 0.2) is 5.11 Å². The molecule has 0 aliphatic rings. The van der Waals surface area contributed by atoms with Gasteiger partial charge in [-0.2, -0.15) is 0 Å². The molecule has 0 aromatic carbocycles. The molecular formula is C5H9N3O3. The molecule has 0 spiro atoms. The molecule has 0 aliphatic heterocycles. The molecule has 11 heavy (non-hydrogen) atoms. The first-order chi connectivity index (χ1) is 5.27. The second kappa shape index (κ2) is 6.85. The third kappa shape index (κ3) is 8.74. The number of ether oxygens (including phenoxy) is 1. The second-order valence-electron chi connectivity index (χ2n) is 1.71. The molecule has 6 heteroatoms. The molecule has 0 atom stereocenters. The Balaban J connectivity index is 3.02. The molecule has 0 aromatic rings. The van der Waals surface area contributed by atoms with Crippen molar-refractivity contribution in [2.75, 3.05) is 19.8 Å². The molecule has 1 N–H and O–H groups in total. The van der Waals surface area contributed by atoms with Gasteiger partial charge in [0.1, 0.15) is 0 Å². The van der Waals surface area contributed by atoms with Gasteiger partial charge in [0.05, 0.1) is 19.6 Å². The summed E-state index contributed by atoms with van der Waals surface area (Å²) in [6.45, 7) is 0.684. The molecule has 0 fully saturated rings. The van der Waals surface area contributed by atoms with Crippen LogP contribution in [0.4, 0.5) is 0 Å². The molecule has 0 amide bonds. The molecule has 0 radical (unpaired) electrons. The first-order valence-corrected chi connectivity index (χ1v) is 3.07. The SMILES string of the molecule is [N-]=[N+]=NCCOCCC(=O)O. The van der Waals surface area contributed by atoms with Crippen molar-refractivity contribution < 1.29 is 14.6 Å². The number of nitrogens with zero attached hydrogens (tertiary/aromatic N) is 3. The highest BCUT2D eigenvalue weighted by atomic mass is 16.5. The molecule has 0 rings (SSSR count). The van der Waals surface area contributed by atoms with Crippen LogP contribution in [-0.4, -0.2) is 30.8 Å². The largest absolute Gasteiger partial charge is 0.481 e. The summed E-state index contributed by atoms with van der Waals surface area (Å²) in [6.07, 6.45) is -0.0176. The maximum atomic E-state index is 9.93. The van der Waals surface area contributed by atoms with E-state index in [1.54, 1.807) is 0 Å². The number of aliphatic carboxylic acids is 1. The van der Waals surface area contributed by atoms with Crippen LogP contribution in [0.5, 0.6) is 0 Å². The molecule has 0 saturated carbocycles. The number of azide groups is 1. The third-order valence-corrected chi connectivity index (χ3v) is 0.859. The molecule has 0 saturated heterocycles. The third-order valence-electron chi connectivity index (χ3n) is 0.859. The van der Waals surface area contributed by atoms with E-state index in [-0.39, 0.29) is 26.2 Å². The van der Waals surface area contributed by atoms with E-state index in [0.29, 0.717) is 0 Å². The van der Waals surface area contributed by atoms with Gasteiger partial charge in [-0.1, -0.05) is 5.11 Å². The summed E-state index contributed by atoms with van der Waals surface area (Å²) in [6, 6.07) is 0. The first-order valence-electron chi connectivity index (χ1n) is 3.07. The van der Waals surface area contributed by atoms with Gasteiger partial charge in [-0.25, -0.2) is 0 Å². The van der Waals surface area contributed by atoms with Crippen molar-refractivity contribution in [1.29, 1.82) is 0 Å². The van der Waals surface area contributed by atoms with Crippen molar-refractivity contribution in [3.63, 3.8) is 0 Å². The van der Waals surface area contributed by atoms with Gasteiger partial charge < -0.3 is 9.84 Å². The molecule has 62 valence electrons. The molecule has 0 aromatic heterocycles.